The van der Waals surface area contributed by atoms with Crippen LogP contribution in [0.4, 0.5) is 4.39 Å². The second kappa shape index (κ2) is 4.17. The average Bonchev–Trinajstić information content (AvgIpc) is 2.08. The molecule has 1 aromatic rings. The molecule has 4 heteroatoms. The van der Waals surface area contributed by atoms with E-state index in [2.05, 4.69) is 0 Å². The largest absolute Gasteiger partial charge is 0.228 e. The smallest absolute Gasteiger partial charge is 0.159 e. The molecular weight excluding hydrogens is 227 g/mol. The van der Waals surface area contributed by atoms with E-state index in [-0.39, 0.29) is 11.6 Å². The predicted molar refractivity (Wildman–Crippen MR) is 63.5 cm³/mol. The van der Waals surface area contributed by atoms with Crippen LogP contribution in [0.1, 0.15) is 31.9 Å². The number of benzene rings is 1. The van der Waals surface area contributed by atoms with Gasteiger partial charge in [-0.25, -0.2) is 12.8 Å². The number of hydrogen-bond donors (Lipinski definition) is 0. The second-order valence-corrected chi connectivity index (χ2v) is 7.69. The molecule has 0 fully saturated rings. The van der Waals surface area contributed by atoms with Crippen LogP contribution in [-0.4, -0.2) is 13.2 Å². The number of halogens is 1. The van der Waals surface area contributed by atoms with E-state index in [0.29, 0.717) is 11.1 Å². The summed E-state index contributed by atoms with van der Waals surface area (Å²) >= 11 is 0. The summed E-state index contributed by atoms with van der Waals surface area (Å²) in [6, 6.07) is 4.18. The van der Waals surface area contributed by atoms with Gasteiger partial charge in [0.05, 0.1) is 10.5 Å². The summed E-state index contributed by atoms with van der Waals surface area (Å²) in [5.41, 5.74) is 1.34. The Kier molecular flexibility index (Phi) is 3.43. The first-order valence-electron chi connectivity index (χ1n) is 5.11. The molecule has 0 aliphatic heterocycles. The van der Waals surface area contributed by atoms with Gasteiger partial charge in [-0.05, 0) is 51.0 Å². The Bertz CT molecular complexity index is 484. The van der Waals surface area contributed by atoms with E-state index < -0.39 is 14.6 Å². The normalized spacial score (nSPS) is 12.8. The molecule has 0 heterocycles. The van der Waals surface area contributed by atoms with E-state index in [1.165, 1.54) is 18.2 Å². The lowest BCUT2D eigenvalue weighted by Crippen LogP contribution is -2.29. The highest BCUT2D eigenvalue weighted by Crippen LogP contribution is 2.22. The molecule has 0 radical (unpaired) electrons. The Balaban J connectivity index is 3.07. The van der Waals surface area contributed by atoms with E-state index in [9.17, 15) is 12.8 Å². The van der Waals surface area contributed by atoms with Crippen LogP contribution in [0.2, 0.25) is 0 Å². The first kappa shape index (κ1) is 13.2. The molecule has 0 aliphatic rings. The van der Waals surface area contributed by atoms with Gasteiger partial charge in [0.15, 0.2) is 9.84 Å². The Morgan fingerprint density at radius 3 is 2.25 bits per heavy atom. The van der Waals surface area contributed by atoms with Gasteiger partial charge >= 0.3 is 0 Å². The third-order valence-corrected chi connectivity index (χ3v) is 5.14. The minimum absolute atomic E-state index is 0.0391. The van der Waals surface area contributed by atoms with Gasteiger partial charge < -0.3 is 0 Å². The molecule has 90 valence electrons. The monoisotopic (exact) mass is 244 g/mol. The predicted octanol–water partition coefficient (Wildman–Crippen LogP) is 2.85. The molecule has 1 rings (SSSR count). The van der Waals surface area contributed by atoms with Crippen molar-refractivity contribution in [2.75, 3.05) is 0 Å². The summed E-state index contributed by atoms with van der Waals surface area (Å²) < 4.78 is 36.0. The van der Waals surface area contributed by atoms with Gasteiger partial charge in [-0.1, -0.05) is 6.07 Å². The van der Waals surface area contributed by atoms with Crippen molar-refractivity contribution in [2.45, 2.75) is 38.2 Å². The summed E-state index contributed by atoms with van der Waals surface area (Å²) in [6.07, 6.45) is 0. The van der Waals surface area contributed by atoms with E-state index in [0.717, 1.165) is 0 Å². The molecule has 0 amide bonds. The van der Waals surface area contributed by atoms with Crippen molar-refractivity contribution < 1.29 is 12.8 Å². The molecule has 0 saturated heterocycles. The van der Waals surface area contributed by atoms with E-state index >= 15 is 0 Å². The minimum atomic E-state index is -3.21. The maximum atomic E-state index is 12.9. The van der Waals surface area contributed by atoms with E-state index in [1.807, 2.05) is 0 Å². The van der Waals surface area contributed by atoms with E-state index in [1.54, 1.807) is 27.7 Å². The van der Waals surface area contributed by atoms with E-state index in [4.69, 9.17) is 0 Å². The van der Waals surface area contributed by atoms with Crippen LogP contribution in [0.25, 0.3) is 0 Å². The topological polar surface area (TPSA) is 34.1 Å². The van der Waals surface area contributed by atoms with Crippen molar-refractivity contribution in [1.82, 2.24) is 0 Å². The number of rotatable bonds is 2. The molecule has 0 saturated carbocycles. The molecule has 0 atom stereocenters. The maximum absolute atomic E-state index is 12.9. The lowest BCUT2D eigenvalue weighted by molar-refractivity contribution is 0.559. The second-order valence-electron chi connectivity index (χ2n) is 4.94. The third-order valence-electron chi connectivity index (χ3n) is 2.58. The molecule has 0 bridgehead atoms. The van der Waals surface area contributed by atoms with Gasteiger partial charge in [-0.2, -0.15) is 0 Å². The molecule has 16 heavy (non-hydrogen) atoms. The lowest BCUT2D eigenvalue weighted by atomic mass is 10.1. The first-order valence-corrected chi connectivity index (χ1v) is 6.76. The van der Waals surface area contributed by atoms with Crippen molar-refractivity contribution in [3.05, 3.63) is 35.1 Å². The Morgan fingerprint density at radius 1 is 1.25 bits per heavy atom. The van der Waals surface area contributed by atoms with Gasteiger partial charge in [-0.15, -0.1) is 0 Å². The van der Waals surface area contributed by atoms with Crippen molar-refractivity contribution in [2.24, 2.45) is 0 Å². The number of aryl methyl sites for hydroxylation is 1. The molecule has 0 unspecified atom stereocenters. The minimum Gasteiger partial charge on any atom is -0.228 e. The van der Waals surface area contributed by atoms with Crippen LogP contribution in [0.3, 0.4) is 0 Å². The maximum Gasteiger partial charge on any atom is 0.159 e. The van der Waals surface area contributed by atoms with Crippen molar-refractivity contribution in [3.63, 3.8) is 0 Å². The van der Waals surface area contributed by atoms with Crippen LogP contribution >= 0.6 is 0 Å². The summed E-state index contributed by atoms with van der Waals surface area (Å²) in [4.78, 5) is 0. The fourth-order valence-corrected chi connectivity index (χ4v) is 2.41. The van der Waals surface area contributed by atoms with Gasteiger partial charge in [0.1, 0.15) is 5.82 Å². The summed E-state index contributed by atoms with van der Waals surface area (Å²) in [5, 5.41) is 0. The number of hydrogen-bond acceptors (Lipinski definition) is 2. The zero-order valence-electron chi connectivity index (χ0n) is 10.0. The van der Waals surface area contributed by atoms with Gasteiger partial charge in [-0.3, -0.25) is 0 Å². The fourth-order valence-electron chi connectivity index (χ4n) is 1.24. The summed E-state index contributed by atoms with van der Waals surface area (Å²) in [5.74, 6) is -0.378. The highest BCUT2D eigenvalue weighted by molar-refractivity contribution is 7.91. The van der Waals surface area contributed by atoms with Crippen molar-refractivity contribution >= 4 is 9.84 Å². The highest BCUT2D eigenvalue weighted by atomic mass is 32.2. The quantitative estimate of drug-likeness (QED) is 0.801. The molecule has 0 aliphatic carbocycles. The number of sulfone groups is 1. The summed E-state index contributed by atoms with van der Waals surface area (Å²) in [7, 11) is -3.21. The SMILES string of the molecule is Cc1cc(F)ccc1CS(=O)(=O)C(C)(C)C. The summed E-state index contributed by atoms with van der Waals surface area (Å²) in [6.45, 7) is 6.72. The Morgan fingerprint density at radius 2 is 1.81 bits per heavy atom. The first-order chi connectivity index (χ1) is 7.13. The zero-order valence-corrected chi connectivity index (χ0v) is 10.9. The zero-order chi connectivity index (χ0) is 12.6. The van der Waals surface area contributed by atoms with Gasteiger partial charge in [0.2, 0.25) is 0 Å². The van der Waals surface area contributed by atoms with Crippen LogP contribution in [0, 0.1) is 12.7 Å². The lowest BCUT2D eigenvalue weighted by Gasteiger charge is -2.19. The van der Waals surface area contributed by atoms with Crippen LogP contribution < -0.4 is 0 Å². The standard InChI is InChI=1S/C12H17FO2S/c1-9-7-11(13)6-5-10(9)8-16(14,15)12(2,3)4/h5-7H,8H2,1-4H3. The molecule has 0 spiro atoms. The van der Waals surface area contributed by atoms with Crippen LogP contribution in [0.15, 0.2) is 18.2 Å². The molecule has 2 nitrogen and oxygen atoms in total. The molecular formula is C12H17FO2S. The van der Waals surface area contributed by atoms with Crippen molar-refractivity contribution in [1.29, 1.82) is 0 Å². The molecule has 1 aromatic carbocycles. The third kappa shape index (κ3) is 2.82. The highest BCUT2D eigenvalue weighted by Gasteiger charge is 2.29. The average molecular weight is 244 g/mol. The molecule has 0 N–H and O–H groups in total. The Labute approximate surface area is 96.4 Å². The van der Waals surface area contributed by atoms with Gasteiger partial charge in [0.25, 0.3) is 0 Å². The van der Waals surface area contributed by atoms with Gasteiger partial charge in [0, 0.05) is 0 Å². The molecule has 0 aromatic heterocycles. The van der Waals surface area contributed by atoms with Crippen LogP contribution in [-0.2, 0) is 15.6 Å². The Hall–Kier alpha value is -0.900. The fraction of sp³-hybridized carbons (Fsp3) is 0.500. The van der Waals surface area contributed by atoms with Crippen molar-refractivity contribution in [3.8, 4) is 0 Å². The van der Waals surface area contributed by atoms with Crippen LogP contribution in [0.5, 0.6) is 0 Å².